The Morgan fingerprint density at radius 2 is 1.85 bits per heavy atom. The van der Waals surface area contributed by atoms with Crippen LogP contribution >= 0.6 is 11.6 Å². The number of aryl methyl sites for hydroxylation is 2. The van der Waals surface area contributed by atoms with E-state index in [1.54, 1.807) is 18.2 Å². The lowest BCUT2D eigenvalue weighted by Crippen LogP contribution is -2.10. The Morgan fingerprint density at radius 1 is 1.15 bits per heavy atom. The monoisotopic (exact) mass is 294 g/mol. The molecule has 2 aromatic rings. The van der Waals surface area contributed by atoms with Crippen LogP contribution in [0, 0.1) is 25.5 Å². The molecule has 0 heterocycles. The Morgan fingerprint density at radius 3 is 2.50 bits per heavy atom. The molecule has 0 saturated carbocycles. The van der Waals surface area contributed by atoms with Gasteiger partial charge in [0.2, 0.25) is 0 Å². The predicted octanol–water partition coefficient (Wildman–Crippen LogP) is 4.66. The molecule has 0 spiro atoms. The van der Waals surface area contributed by atoms with Crippen LogP contribution in [0.1, 0.15) is 27.0 Å². The van der Waals surface area contributed by atoms with Gasteiger partial charge in [-0.25, -0.2) is 8.78 Å². The largest absolute Gasteiger partial charge is 0.294 e. The van der Waals surface area contributed by atoms with E-state index in [1.807, 2.05) is 6.92 Å². The summed E-state index contributed by atoms with van der Waals surface area (Å²) in [4.78, 5) is 12.1. The van der Waals surface area contributed by atoms with Gasteiger partial charge in [-0.1, -0.05) is 29.8 Å². The van der Waals surface area contributed by atoms with Crippen LogP contribution in [-0.4, -0.2) is 5.78 Å². The first-order valence-corrected chi connectivity index (χ1v) is 6.50. The highest BCUT2D eigenvalue weighted by atomic mass is 35.5. The minimum absolute atomic E-state index is 0.129. The van der Waals surface area contributed by atoms with E-state index in [1.165, 1.54) is 13.0 Å². The van der Waals surface area contributed by atoms with Gasteiger partial charge in [-0.3, -0.25) is 4.79 Å². The molecule has 0 amide bonds. The van der Waals surface area contributed by atoms with Gasteiger partial charge in [0.05, 0.1) is 5.56 Å². The molecule has 0 aromatic heterocycles. The number of ketones is 1. The molecule has 0 aliphatic carbocycles. The fourth-order valence-electron chi connectivity index (χ4n) is 1.97. The normalized spacial score (nSPS) is 10.7. The third-order valence-electron chi connectivity index (χ3n) is 3.12. The number of carbonyl (C=O) groups is 1. The van der Waals surface area contributed by atoms with E-state index >= 15 is 0 Å². The van der Waals surface area contributed by atoms with Gasteiger partial charge in [-0.2, -0.15) is 0 Å². The highest BCUT2D eigenvalue weighted by Crippen LogP contribution is 2.22. The Hall–Kier alpha value is -1.74. The number of hydrogen-bond donors (Lipinski definition) is 0. The van der Waals surface area contributed by atoms with Gasteiger partial charge >= 0.3 is 0 Å². The smallest absolute Gasteiger partial charge is 0.173 e. The maximum atomic E-state index is 13.9. The third kappa shape index (κ3) is 2.88. The summed E-state index contributed by atoms with van der Waals surface area (Å²) in [6, 6.07) is 7.62. The molecular weight excluding hydrogens is 282 g/mol. The summed E-state index contributed by atoms with van der Waals surface area (Å²) in [5.41, 5.74) is 1.26. The first kappa shape index (κ1) is 14.7. The van der Waals surface area contributed by atoms with Gasteiger partial charge < -0.3 is 0 Å². The molecule has 0 unspecified atom stereocenters. The molecule has 0 aliphatic heterocycles. The van der Waals surface area contributed by atoms with Crippen molar-refractivity contribution in [3.63, 3.8) is 0 Å². The lowest BCUT2D eigenvalue weighted by Gasteiger charge is -2.08. The van der Waals surface area contributed by atoms with Gasteiger partial charge in [0.1, 0.15) is 11.6 Å². The van der Waals surface area contributed by atoms with Gasteiger partial charge in [0.25, 0.3) is 0 Å². The van der Waals surface area contributed by atoms with Crippen LogP contribution in [0.5, 0.6) is 0 Å². The van der Waals surface area contributed by atoms with E-state index in [4.69, 9.17) is 11.6 Å². The van der Waals surface area contributed by atoms with Crippen molar-refractivity contribution in [1.29, 1.82) is 0 Å². The molecule has 0 bridgehead atoms. The highest BCUT2D eigenvalue weighted by Gasteiger charge is 2.20. The van der Waals surface area contributed by atoms with Crippen molar-refractivity contribution >= 4 is 17.4 Å². The summed E-state index contributed by atoms with van der Waals surface area (Å²) < 4.78 is 27.5. The lowest BCUT2D eigenvalue weighted by molar-refractivity contribution is 0.0984. The zero-order chi connectivity index (χ0) is 14.9. The zero-order valence-electron chi connectivity index (χ0n) is 11.1. The maximum Gasteiger partial charge on any atom is 0.173 e. The number of hydrogen-bond acceptors (Lipinski definition) is 1. The maximum absolute atomic E-state index is 13.9. The minimum Gasteiger partial charge on any atom is -0.294 e. The van der Waals surface area contributed by atoms with Crippen LogP contribution in [0.15, 0.2) is 30.3 Å². The molecule has 0 fully saturated rings. The minimum atomic E-state index is -0.846. The Kier molecular flexibility index (Phi) is 4.19. The third-order valence-corrected chi connectivity index (χ3v) is 3.47. The van der Waals surface area contributed by atoms with E-state index in [0.29, 0.717) is 10.6 Å². The highest BCUT2D eigenvalue weighted by molar-refractivity contribution is 6.31. The lowest BCUT2D eigenvalue weighted by atomic mass is 9.99. The summed E-state index contributed by atoms with van der Waals surface area (Å²) in [6.07, 6.45) is -0.129. The molecule has 2 aromatic carbocycles. The number of carbonyl (C=O) groups excluding carboxylic acids is 1. The molecule has 0 aliphatic rings. The molecular formula is C16H13ClF2O. The van der Waals surface area contributed by atoms with E-state index < -0.39 is 23.0 Å². The Bertz CT molecular complexity index is 680. The molecule has 0 saturated heterocycles. The summed E-state index contributed by atoms with van der Waals surface area (Å²) in [7, 11) is 0. The van der Waals surface area contributed by atoms with Crippen LogP contribution in [0.4, 0.5) is 8.78 Å². The van der Waals surface area contributed by atoms with E-state index in [9.17, 15) is 13.6 Å². The first-order valence-electron chi connectivity index (χ1n) is 6.13. The molecule has 104 valence electrons. The van der Waals surface area contributed by atoms with Crippen LogP contribution in [0.25, 0.3) is 0 Å². The van der Waals surface area contributed by atoms with Crippen molar-refractivity contribution in [1.82, 2.24) is 0 Å². The molecule has 0 atom stereocenters. The zero-order valence-corrected chi connectivity index (χ0v) is 11.9. The number of Topliss-reactive ketones (excluding diaryl/α,β-unsaturated/α-hetero) is 1. The van der Waals surface area contributed by atoms with Crippen molar-refractivity contribution in [3.05, 3.63) is 69.2 Å². The number of benzene rings is 2. The first-order chi connectivity index (χ1) is 9.40. The summed E-state index contributed by atoms with van der Waals surface area (Å²) in [6.45, 7) is 3.36. The second-order valence-corrected chi connectivity index (χ2v) is 5.16. The molecule has 0 radical (unpaired) electrons. The van der Waals surface area contributed by atoms with Crippen LogP contribution in [0.2, 0.25) is 5.02 Å². The second-order valence-electron chi connectivity index (χ2n) is 4.75. The molecule has 20 heavy (non-hydrogen) atoms. The molecule has 4 heteroatoms. The molecule has 0 N–H and O–H groups in total. The number of rotatable bonds is 3. The summed E-state index contributed by atoms with van der Waals surface area (Å²) >= 11 is 6.03. The number of halogens is 3. The standard InChI is InChI=1S/C16H13ClF2O/c1-9-3-5-11(12(17)7-9)8-14(20)15-13(18)6-4-10(2)16(15)19/h3-7H,8H2,1-2H3. The van der Waals surface area contributed by atoms with Crippen molar-refractivity contribution in [2.24, 2.45) is 0 Å². The predicted molar refractivity (Wildman–Crippen MR) is 75.3 cm³/mol. The van der Waals surface area contributed by atoms with Crippen LogP contribution in [0.3, 0.4) is 0 Å². The molecule has 2 rings (SSSR count). The van der Waals surface area contributed by atoms with Crippen molar-refractivity contribution in [3.8, 4) is 0 Å². The molecule has 1 nitrogen and oxygen atoms in total. The topological polar surface area (TPSA) is 17.1 Å². The Labute approximate surface area is 121 Å². The van der Waals surface area contributed by atoms with Crippen molar-refractivity contribution in [2.45, 2.75) is 20.3 Å². The van der Waals surface area contributed by atoms with Crippen molar-refractivity contribution < 1.29 is 13.6 Å². The SMILES string of the molecule is Cc1ccc(CC(=O)c2c(F)ccc(C)c2F)c(Cl)c1. The quantitative estimate of drug-likeness (QED) is 0.752. The van der Waals surface area contributed by atoms with E-state index in [-0.39, 0.29) is 12.0 Å². The Balaban J connectivity index is 2.36. The summed E-state index contributed by atoms with van der Waals surface area (Å²) in [5.74, 6) is -2.27. The van der Waals surface area contributed by atoms with Gasteiger partial charge in [-0.05, 0) is 42.7 Å². The average Bonchev–Trinajstić information content (AvgIpc) is 2.38. The fraction of sp³-hybridized carbons (Fsp3) is 0.188. The van der Waals surface area contributed by atoms with E-state index in [2.05, 4.69) is 0 Å². The van der Waals surface area contributed by atoms with Crippen molar-refractivity contribution in [2.75, 3.05) is 0 Å². The van der Waals surface area contributed by atoms with E-state index in [0.717, 1.165) is 11.6 Å². The van der Waals surface area contributed by atoms with Crippen LogP contribution in [-0.2, 0) is 6.42 Å². The summed E-state index contributed by atoms with van der Waals surface area (Å²) in [5, 5.41) is 0.423. The van der Waals surface area contributed by atoms with Gasteiger partial charge in [0, 0.05) is 11.4 Å². The second kappa shape index (κ2) is 5.71. The van der Waals surface area contributed by atoms with Gasteiger partial charge in [-0.15, -0.1) is 0 Å². The fourth-order valence-corrected chi connectivity index (χ4v) is 2.27. The van der Waals surface area contributed by atoms with Gasteiger partial charge in [0.15, 0.2) is 5.78 Å². The average molecular weight is 295 g/mol. The van der Waals surface area contributed by atoms with Crippen LogP contribution < -0.4 is 0 Å².